The van der Waals surface area contributed by atoms with E-state index in [2.05, 4.69) is 9.97 Å². The van der Waals surface area contributed by atoms with Crippen molar-refractivity contribution in [2.45, 2.75) is 6.92 Å². The summed E-state index contributed by atoms with van der Waals surface area (Å²) in [5, 5.41) is 1.45. The highest BCUT2D eigenvalue weighted by molar-refractivity contribution is 6.34. The Morgan fingerprint density at radius 2 is 2.27 bits per heavy atom. The van der Waals surface area contributed by atoms with E-state index in [9.17, 15) is 0 Å². The maximum atomic E-state index is 6.02. The smallest absolute Gasteiger partial charge is 0.138 e. The van der Waals surface area contributed by atoms with Crippen LogP contribution in [0.5, 0.6) is 0 Å². The van der Waals surface area contributed by atoms with Crippen LogP contribution in [0.4, 0.5) is 0 Å². The second kappa shape index (κ2) is 3.95. The van der Waals surface area contributed by atoms with Gasteiger partial charge in [-0.25, -0.2) is 4.98 Å². The number of nitrogens with zero attached hydrogens (tertiary/aromatic N) is 1. The Hall–Kier alpha value is -1.48. The Morgan fingerprint density at radius 3 is 3.00 bits per heavy atom. The summed E-state index contributed by atoms with van der Waals surface area (Å²) in [5.41, 5.74) is 2.83. The molecule has 0 aliphatic carbocycles. The quantitative estimate of drug-likeness (QED) is 0.626. The van der Waals surface area contributed by atoms with Crippen LogP contribution in [-0.4, -0.2) is 17.1 Å². The van der Waals surface area contributed by atoms with Gasteiger partial charge in [-0.1, -0.05) is 11.6 Å². The number of aromatic nitrogens is 2. The molecule has 78 valence electrons. The number of ether oxygens (including phenoxy) is 1. The van der Waals surface area contributed by atoms with E-state index >= 15 is 0 Å². The number of pyridine rings is 1. The van der Waals surface area contributed by atoms with Crippen molar-refractivity contribution < 1.29 is 4.74 Å². The van der Waals surface area contributed by atoms with Crippen molar-refractivity contribution in [3.8, 4) is 0 Å². The fourth-order valence-corrected chi connectivity index (χ4v) is 1.75. The van der Waals surface area contributed by atoms with Gasteiger partial charge in [0.05, 0.1) is 18.9 Å². The highest BCUT2D eigenvalue weighted by Crippen LogP contribution is 2.23. The average Bonchev–Trinajstić information content (AvgIpc) is 2.57. The van der Waals surface area contributed by atoms with Crippen LogP contribution in [-0.2, 0) is 4.74 Å². The van der Waals surface area contributed by atoms with Crippen LogP contribution in [0.25, 0.3) is 17.0 Å². The lowest BCUT2D eigenvalue weighted by molar-refractivity contribution is 0.341. The van der Waals surface area contributed by atoms with Gasteiger partial charge in [0.25, 0.3) is 0 Å². The molecule has 0 saturated heterocycles. The third kappa shape index (κ3) is 1.97. The first-order chi connectivity index (χ1) is 7.20. The van der Waals surface area contributed by atoms with Crippen LogP contribution >= 0.6 is 11.6 Å². The Balaban J connectivity index is 2.55. The predicted molar refractivity (Wildman–Crippen MR) is 61.9 cm³/mol. The molecule has 2 aromatic rings. The lowest BCUT2D eigenvalue weighted by Crippen LogP contribution is -1.81. The zero-order chi connectivity index (χ0) is 10.8. The summed E-state index contributed by atoms with van der Waals surface area (Å²) in [7, 11) is 1.61. The Kier molecular flexibility index (Phi) is 2.64. The lowest BCUT2D eigenvalue weighted by Gasteiger charge is -1.94. The van der Waals surface area contributed by atoms with Crippen molar-refractivity contribution in [3.63, 3.8) is 0 Å². The largest absolute Gasteiger partial charge is 0.504 e. The number of hydrogen-bond acceptors (Lipinski definition) is 2. The summed E-state index contributed by atoms with van der Waals surface area (Å²) in [4.78, 5) is 7.41. The summed E-state index contributed by atoms with van der Waals surface area (Å²) < 4.78 is 4.85. The topological polar surface area (TPSA) is 37.9 Å². The van der Waals surface area contributed by atoms with Crippen LogP contribution in [0.2, 0.25) is 5.15 Å². The molecule has 1 N–H and O–H groups in total. The third-order valence-electron chi connectivity index (χ3n) is 2.10. The van der Waals surface area contributed by atoms with E-state index in [0.717, 1.165) is 22.3 Å². The number of nitrogens with one attached hydrogen (secondary N) is 1. The van der Waals surface area contributed by atoms with E-state index in [1.165, 1.54) is 0 Å². The Morgan fingerprint density at radius 1 is 1.47 bits per heavy atom. The molecular formula is C11H11ClN2O. The van der Waals surface area contributed by atoms with Gasteiger partial charge in [-0.15, -0.1) is 0 Å². The Bertz CT molecular complexity index is 517. The summed E-state index contributed by atoms with van der Waals surface area (Å²) in [6, 6.07) is 3.91. The molecule has 0 fully saturated rings. The highest BCUT2D eigenvalue weighted by Gasteiger charge is 2.04. The van der Waals surface area contributed by atoms with Crippen molar-refractivity contribution in [1.82, 2.24) is 9.97 Å². The van der Waals surface area contributed by atoms with Crippen LogP contribution in [0, 0.1) is 6.92 Å². The van der Waals surface area contributed by atoms with E-state index in [1.807, 2.05) is 25.1 Å². The first kappa shape index (κ1) is 10.1. The molecule has 2 rings (SSSR count). The molecule has 0 spiro atoms. The molecule has 2 heterocycles. The summed E-state index contributed by atoms with van der Waals surface area (Å²) in [6.45, 7) is 1.91. The van der Waals surface area contributed by atoms with Crippen LogP contribution < -0.4 is 0 Å². The third-order valence-corrected chi connectivity index (χ3v) is 2.39. The first-order valence-electron chi connectivity index (χ1n) is 4.56. The molecule has 0 unspecified atom stereocenters. The zero-order valence-electron chi connectivity index (χ0n) is 8.54. The normalized spacial score (nSPS) is 11.4. The minimum atomic E-state index is 0.526. The maximum Gasteiger partial charge on any atom is 0.138 e. The molecule has 4 heteroatoms. The number of hydrogen-bond donors (Lipinski definition) is 1. The number of aromatic amines is 1. The molecule has 0 saturated carbocycles. The van der Waals surface area contributed by atoms with E-state index in [0.29, 0.717) is 5.15 Å². The second-order valence-electron chi connectivity index (χ2n) is 3.28. The zero-order valence-corrected chi connectivity index (χ0v) is 9.30. The van der Waals surface area contributed by atoms with Gasteiger partial charge in [-0.05, 0) is 25.1 Å². The van der Waals surface area contributed by atoms with E-state index in [1.54, 1.807) is 13.4 Å². The number of aryl methyl sites for hydroxylation is 1. The average molecular weight is 223 g/mol. The molecule has 15 heavy (non-hydrogen) atoms. The number of H-pyrrole nitrogens is 1. The molecule has 0 amide bonds. The molecule has 3 nitrogen and oxygen atoms in total. The maximum absolute atomic E-state index is 6.02. The monoisotopic (exact) mass is 222 g/mol. The van der Waals surface area contributed by atoms with Gasteiger partial charge in [0.2, 0.25) is 0 Å². The van der Waals surface area contributed by atoms with Crippen molar-refractivity contribution in [2.24, 2.45) is 0 Å². The van der Waals surface area contributed by atoms with Gasteiger partial charge < -0.3 is 9.72 Å². The first-order valence-corrected chi connectivity index (χ1v) is 4.93. The van der Waals surface area contributed by atoms with Gasteiger partial charge in [-0.2, -0.15) is 0 Å². The van der Waals surface area contributed by atoms with Gasteiger partial charge in [-0.3, -0.25) is 0 Å². The summed E-state index contributed by atoms with van der Waals surface area (Å²) in [5.74, 6) is 0. The van der Waals surface area contributed by atoms with E-state index in [4.69, 9.17) is 16.3 Å². The van der Waals surface area contributed by atoms with Crippen molar-refractivity contribution >= 4 is 28.6 Å². The molecule has 0 radical (unpaired) electrons. The molecule has 0 aliphatic heterocycles. The number of rotatable bonds is 2. The van der Waals surface area contributed by atoms with Crippen LogP contribution in [0.3, 0.4) is 0 Å². The second-order valence-corrected chi connectivity index (χ2v) is 3.64. The molecule has 0 atom stereocenters. The van der Waals surface area contributed by atoms with E-state index in [-0.39, 0.29) is 0 Å². The molecule has 0 bridgehead atoms. The van der Waals surface area contributed by atoms with Gasteiger partial charge in [0, 0.05) is 16.8 Å². The van der Waals surface area contributed by atoms with Gasteiger partial charge in [0.15, 0.2) is 0 Å². The van der Waals surface area contributed by atoms with E-state index < -0.39 is 0 Å². The molecule has 0 aliphatic rings. The lowest BCUT2D eigenvalue weighted by atomic mass is 10.3. The fraction of sp³-hybridized carbons (Fsp3) is 0.182. The van der Waals surface area contributed by atoms with Gasteiger partial charge >= 0.3 is 0 Å². The Labute approximate surface area is 92.7 Å². The van der Waals surface area contributed by atoms with Crippen molar-refractivity contribution in [2.75, 3.05) is 7.11 Å². The standard InChI is InChI=1S/C11H11ClN2O/c1-7-5-10-9(11(12)13-7)6-8(14-10)3-4-15-2/h3-6,14H,1-2H3/b4-3+. The van der Waals surface area contributed by atoms with Crippen LogP contribution in [0.1, 0.15) is 11.4 Å². The SMILES string of the molecule is CO/C=C/c1cc2c(Cl)nc(C)cc2[nH]1. The summed E-state index contributed by atoms with van der Waals surface area (Å²) in [6.07, 6.45) is 3.45. The number of fused-ring (bicyclic) bond motifs is 1. The fourth-order valence-electron chi connectivity index (χ4n) is 1.46. The molecule has 0 aromatic carbocycles. The minimum absolute atomic E-state index is 0.526. The molecular weight excluding hydrogens is 212 g/mol. The van der Waals surface area contributed by atoms with Crippen molar-refractivity contribution in [1.29, 1.82) is 0 Å². The number of halogens is 1. The highest BCUT2D eigenvalue weighted by atomic mass is 35.5. The van der Waals surface area contributed by atoms with Crippen molar-refractivity contribution in [3.05, 3.63) is 34.9 Å². The number of methoxy groups -OCH3 is 1. The minimum Gasteiger partial charge on any atom is -0.504 e. The predicted octanol–water partition coefficient (Wildman–Crippen LogP) is 3.14. The summed E-state index contributed by atoms with van der Waals surface area (Å²) >= 11 is 6.02. The van der Waals surface area contributed by atoms with Gasteiger partial charge in [0.1, 0.15) is 5.15 Å². The van der Waals surface area contributed by atoms with Crippen LogP contribution in [0.15, 0.2) is 18.4 Å². The molecule has 2 aromatic heterocycles.